The SMILES string of the molecule is O=C(O)c1ccc(OC(=O)c2ccc(O)c(C34CC5CC(CC(C5)C3)C4)c2)nc1. The Bertz CT molecular complexity index is 946. The lowest BCUT2D eigenvalue weighted by atomic mass is 9.48. The summed E-state index contributed by atoms with van der Waals surface area (Å²) >= 11 is 0. The number of carbonyl (C=O) groups is 2. The molecule has 1 aromatic carbocycles. The van der Waals surface area contributed by atoms with Gasteiger partial charge in [0.1, 0.15) is 5.75 Å². The van der Waals surface area contributed by atoms with Gasteiger partial charge in [-0.3, -0.25) is 0 Å². The zero-order valence-electron chi connectivity index (χ0n) is 16.0. The maximum atomic E-state index is 12.7. The van der Waals surface area contributed by atoms with Crippen molar-refractivity contribution in [2.24, 2.45) is 17.8 Å². The van der Waals surface area contributed by atoms with Gasteiger partial charge in [-0.15, -0.1) is 0 Å². The van der Waals surface area contributed by atoms with Crippen LogP contribution in [-0.2, 0) is 5.41 Å². The smallest absolute Gasteiger partial charge is 0.344 e. The van der Waals surface area contributed by atoms with Gasteiger partial charge in [0.05, 0.1) is 11.1 Å². The highest BCUT2D eigenvalue weighted by Crippen LogP contribution is 2.61. The number of carboxylic acid groups (broad SMARTS) is 1. The van der Waals surface area contributed by atoms with E-state index in [2.05, 4.69) is 4.98 Å². The van der Waals surface area contributed by atoms with E-state index < -0.39 is 11.9 Å². The Labute approximate surface area is 168 Å². The monoisotopic (exact) mass is 393 g/mol. The normalized spacial score (nSPS) is 29.6. The number of benzene rings is 1. The first kappa shape index (κ1) is 18.2. The molecule has 6 nitrogen and oxygen atoms in total. The molecule has 6 rings (SSSR count). The Hall–Kier alpha value is -2.89. The fraction of sp³-hybridized carbons (Fsp3) is 0.435. The number of nitrogens with zero attached hydrogens (tertiary/aromatic N) is 1. The number of phenolic OH excluding ortho intramolecular Hbond substituents is 1. The highest BCUT2D eigenvalue weighted by Gasteiger charge is 2.52. The second-order valence-electron chi connectivity index (χ2n) is 9.01. The number of carbonyl (C=O) groups excluding carboxylic acids is 1. The molecule has 29 heavy (non-hydrogen) atoms. The third-order valence-corrected chi connectivity index (χ3v) is 7.02. The second kappa shape index (κ2) is 6.58. The number of hydrogen-bond acceptors (Lipinski definition) is 5. The van der Waals surface area contributed by atoms with Crippen LogP contribution in [0.15, 0.2) is 36.5 Å². The van der Waals surface area contributed by atoms with Crippen molar-refractivity contribution in [1.29, 1.82) is 0 Å². The minimum Gasteiger partial charge on any atom is -0.508 e. The number of carboxylic acids is 1. The predicted molar refractivity (Wildman–Crippen MR) is 104 cm³/mol. The van der Waals surface area contributed by atoms with E-state index >= 15 is 0 Å². The highest BCUT2D eigenvalue weighted by molar-refractivity contribution is 5.91. The van der Waals surface area contributed by atoms with E-state index in [0.717, 1.165) is 48.8 Å². The predicted octanol–water partition coefficient (Wildman–Crippen LogP) is 4.17. The Balaban J connectivity index is 1.41. The Kier molecular flexibility index (Phi) is 4.12. The average Bonchev–Trinajstić information content (AvgIpc) is 2.67. The number of hydrogen-bond donors (Lipinski definition) is 2. The molecule has 1 heterocycles. The van der Waals surface area contributed by atoms with Gasteiger partial charge in [0.25, 0.3) is 0 Å². The minimum absolute atomic E-state index is 0.0264. The molecule has 1 aromatic heterocycles. The lowest BCUT2D eigenvalue weighted by Crippen LogP contribution is -2.48. The van der Waals surface area contributed by atoms with Gasteiger partial charge in [-0.25, -0.2) is 14.6 Å². The first-order chi connectivity index (χ1) is 13.9. The molecule has 4 bridgehead atoms. The van der Waals surface area contributed by atoms with Crippen LogP contribution in [0.25, 0.3) is 0 Å². The Morgan fingerprint density at radius 3 is 2.14 bits per heavy atom. The zero-order chi connectivity index (χ0) is 20.2. The van der Waals surface area contributed by atoms with Gasteiger partial charge >= 0.3 is 11.9 Å². The van der Waals surface area contributed by atoms with Crippen LogP contribution < -0.4 is 4.74 Å². The molecule has 2 aromatic rings. The molecule has 4 aliphatic carbocycles. The molecule has 2 N–H and O–H groups in total. The van der Waals surface area contributed by atoms with Gasteiger partial charge in [-0.2, -0.15) is 0 Å². The van der Waals surface area contributed by atoms with Crippen molar-refractivity contribution in [3.05, 3.63) is 53.2 Å². The number of rotatable bonds is 4. The van der Waals surface area contributed by atoms with Crippen LogP contribution >= 0.6 is 0 Å². The lowest BCUT2D eigenvalue weighted by Gasteiger charge is -2.57. The molecular formula is C23H23NO5. The molecule has 0 spiro atoms. The standard InChI is InChI=1S/C23H23NO5/c25-19-3-1-16(22(28)29-20-4-2-17(12-24-20)21(26)27)8-18(19)23-9-13-5-14(10-23)7-15(6-13)11-23/h1-4,8,12-15,25H,5-7,9-11H2,(H,26,27). The van der Waals surface area contributed by atoms with Gasteiger partial charge in [0.15, 0.2) is 0 Å². The van der Waals surface area contributed by atoms with Crippen LogP contribution in [0.3, 0.4) is 0 Å². The van der Waals surface area contributed by atoms with Crippen molar-refractivity contribution >= 4 is 11.9 Å². The van der Waals surface area contributed by atoms with Gasteiger partial charge in [0.2, 0.25) is 5.88 Å². The molecule has 0 amide bonds. The van der Waals surface area contributed by atoms with Crippen molar-refractivity contribution in [3.8, 4) is 11.6 Å². The highest BCUT2D eigenvalue weighted by atomic mass is 16.5. The molecule has 0 radical (unpaired) electrons. The van der Waals surface area contributed by atoms with E-state index in [4.69, 9.17) is 9.84 Å². The van der Waals surface area contributed by atoms with Gasteiger partial charge in [0, 0.05) is 17.8 Å². The molecule has 4 fully saturated rings. The first-order valence-electron chi connectivity index (χ1n) is 10.2. The number of phenols is 1. The number of aromatic hydroxyl groups is 1. The summed E-state index contributed by atoms with van der Waals surface area (Å²) in [6, 6.07) is 7.65. The van der Waals surface area contributed by atoms with E-state index in [0.29, 0.717) is 5.56 Å². The fourth-order valence-corrected chi connectivity index (χ4v) is 6.25. The van der Waals surface area contributed by atoms with Crippen molar-refractivity contribution in [2.75, 3.05) is 0 Å². The summed E-state index contributed by atoms with van der Waals surface area (Å²) in [4.78, 5) is 27.5. The number of aromatic carboxylic acids is 1. The van der Waals surface area contributed by atoms with Crippen LogP contribution in [0.5, 0.6) is 11.6 Å². The third kappa shape index (κ3) is 3.16. The lowest BCUT2D eigenvalue weighted by molar-refractivity contribution is -0.00616. The molecule has 4 aliphatic rings. The van der Waals surface area contributed by atoms with E-state index in [1.807, 2.05) is 0 Å². The average molecular weight is 393 g/mol. The summed E-state index contributed by atoms with van der Waals surface area (Å²) in [5.41, 5.74) is 1.24. The second-order valence-corrected chi connectivity index (χ2v) is 9.01. The van der Waals surface area contributed by atoms with Crippen LogP contribution in [0.1, 0.15) is 64.8 Å². The first-order valence-corrected chi connectivity index (χ1v) is 10.2. The maximum Gasteiger partial charge on any atom is 0.344 e. The molecule has 0 aliphatic heterocycles. The Morgan fingerprint density at radius 1 is 0.966 bits per heavy atom. The summed E-state index contributed by atoms with van der Waals surface area (Å²) in [6.45, 7) is 0. The summed E-state index contributed by atoms with van der Waals surface area (Å²) in [6.07, 6.45) is 8.33. The van der Waals surface area contributed by atoms with Crippen LogP contribution in [0.4, 0.5) is 0 Å². The summed E-state index contributed by atoms with van der Waals surface area (Å²) < 4.78 is 5.32. The van der Waals surface area contributed by atoms with Crippen molar-refractivity contribution in [3.63, 3.8) is 0 Å². The quantitative estimate of drug-likeness (QED) is 0.757. The topological polar surface area (TPSA) is 96.7 Å². The van der Waals surface area contributed by atoms with E-state index in [-0.39, 0.29) is 22.6 Å². The van der Waals surface area contributed by atoms with E-state index in [1.54, 1.807) is 18.2 Å². The molecule has 0 unspecified atom stereocenters. The number of pyridine rings is 1. The number of ether oxygens (including phenoxy) is 1. The fourth-order valence-electron chi connectivity index (χ4n) is 6.25. The van der Waals surface area contributed by atoms with Gasteiger partial charge in [-0.05, 0) is 86.0 Å². The third-order valence-electron chi connectivity index (χ3n) is 7.02. The maximum absolute atomic E-state index is 12.7. The minimum atomic E-state index is -1.09. The number of aromatic nitrogens is 1. The van der Waals surface area contributed by atoms with E-state index in [9.17, 15) is 14.7 Å². The molecule has 6 heteroatoms. The van der Waals surface area contributed by atoms with Crippen molar-refractivity contribution in [1.82, 2.24) is 4.98 Å². The molecule has 0 atom stereocenters. The summed E-state index contributed by atoms with van der Waals surface area (Å²) in [7, 11) is 0. The van der Waals surface area contributed by atoms with Crippen LogP contribution in [0, 0.1) is 17.8 Å². The molecule has 150 valence electrons. The largest absolute Gasteiger partial charge is 0.508 e. The molecule has 0 saturated heterocycles. The number of esters is 1. The zero-order valence-corrected chi connectivity index (χ0v) is 16.0. The summed E-state index contributed by atoms with van der Waals surface area (Å²) in [5, 5.41) is 19.6. The Morgan fingerprint density at radius 2 is 1.59 bits per heavy atom. The van der Waals surface area contributed by atoms with Crippen LogP contribution in [-0.4, -0.2) is 27.1 Å². The van der Waals surface area contributed by atoms with Crippen molar-refractivity contribution in [2.45, 2.75) is 43.9 Å². The molecule has 4 saturated carbocycles. The molecular weight excluding hydrogens is 370 g/mol. The van der Waals surface area contributed by atoms with Gasteiger partial charge < -0.3 is 14.9 Å². The van der Waals surface area contributed by atoms with Gasteiger partial charge in [-0.1, -0.05) is 0 Å². The van der Waals surface area contributed by atoms with Crippen LogP contribution in [0.2, 0.25) is 0 Å². The summed E-state index contributed by atoms with van der Waals surface area (Å²) in [5.74, 6) is 0.840. The van der Waals surface area contributed by atoms with E-state index in [1.165, 1.54) is 31.4 Å². The van der Waals surface area contributed by atoms with Crippen molar-refractivity contribution < 1.29 is 24.5 Å².